The summed E-state index contributed by atoms with van der Waals surface area (Å²) in [6, 6.07) is 6.74. The molecule has 6 nitrogen and oxygen atoms in total. The maximum atomic E-state index is 12.8. The zero-order chi connectivity index (χ0) is 23.3. The van der Waals surface area contributed by atoms with Crippen LogP contribution >= 0.6 is 0 Å². The van der Waals surface area contributed by atoms with Gasteiger partial charge in [0, 0.05) is 17.7 Å². The van der Waals surface area contributed by atoms with Gasteiger partial charge in [0.05, 0.1) is 23.1 Å². The Morgan fingerprint density at radius 3 is 2.41 bits per heavy atom. The van der Waals surface area contributed by atoms with Crippen molar-refractivity contribution in [3.05, 3.63) is 42.1 Å². The Morgan fingerprint density at radius 2 is 1.78 bits per heavy atom. The van der Waals surface area contributed by atoms with Crippen molar-refractivity contribution in [3.8, 4) is 11.3 Å². The van der Waals surface area contributed by atoms with Crippen LogP contribution in [0.4, 0.5) is 24.7 Å². The Bertz CT molecular complexity index is 1030. The van der Waals surface area contributed by atoms with Gasteiger partial charge in [-0.3, -0.25) is 0 Å². The number of anilines is 2. The van der Waals surface area contributed by atoms with Crippen molar-refractivity contribution in [2.75, 3.05) is 30.7 Å². The summed E-state index contributed by atoms with van der Waals surface area (Å²) in [5.41, 5.74) is 7.90. The summed E-state index contributed by atoms with van der Waals surface area (Å²) in [6.07, 6.45) is -0.791. The summed E-state index contributed by atoms with van der Waals surface area (Å²) in [4.78, 5) is 15.6. The molecule has 0 aliphatic heterocycles. The van der Waals surface area contributed by atoms with Crippen molar-refractivity contribution in [2.45, 2.75) is 45.8 Å². The third-order valence-electron chi connectivity index (χ3n) is 5.45. The second-order valence-electron chi connectivity index (χ2n) is 7.81. The molecule has 9 heteroatoms. The predicted molar refractivity (Wildman–Crippen MR) is 122 cm³/mol. The van der Waals surface area contributed by atoms with Gasteiger partial charge in [-0.2, -0.15) is 13.2 Å². The van der Waals surface area contributed by atoms with E-state index in [4.69, 9.17) is 5.73 Å². The molecule has 3 aromatic rings. The van der Waals surface area contributed by atoms with E-state index in [-0.39, 0.29) is 6.04 Å². The molecular formula is C23H29F3N6. The average molecular weight is 447 g/mol. The number of hydrogen-bond donors (Lipinski definition) is 2. The van der Waals surface area contributed by atoms with Crippen LogP contribution in [0.5, 0.6) is 0 Å². The molecule has 3 N–H and O–H groups in total. The van der Waals surface area contributed by atoms with Gasteiger partial charge in [0.1, 0.15) is 11.3 Å². The van der Waals surface area contributed by atoms with E-state index >= 15 is 0 Å². The van der Waals surface area contributed by atoms with Crippen LogP contribution in [-0.2, 0) is 6.18 Å². The number of alkyl halides is 3. The summed E-state index contributed by atoms with van der Waals surface area (Å²) >= 11 is 0. The Kier molecular flexibility index (Phi) is 7.50. The summed E-state index contributed by atoms with van der Waals surface area (Å²) in [5.74, 6) is 0.300. The van der Waals surface area contributed by atoms with E-state index < -0.39 is 11.7 Å². The smallest absolute Gasteiger partial charge is 0.384 e. The van der Waals surface area contributed by atoms with Crippen LogP contribution in [0.1, 0.15) is 39.2 Å². The van der Waals surface area contributed by atoms with Gasteiger partial charge in [0.25, 0.3) is 0 Å². The Hall–Kier alpha value is -2.94. The number of pyridine rings is 1. The first-order valence-corrected chi connectivity index (χ1v) is 10.8. The number of halogens is 3. The fourth-order valence-corrected chi connectivity index (χ4v) is 3.60. The van der Waals surface area contributed by atoms with Gasteiger partial charge in [0.2, 0.25) is 0 Å². The van der Waals surface area contributed by atoms with Gasteiger partial charge in [0.15, 0.2) is 5.65 Å². The van der Waals surface area contributed by atoms with Crippen LogP contribution < -0.4 is 11.1 Å². The second-order valence-corrected chi connectivity index (χ2v) is 7.81. The molecular weight excluding hydrogens is 417 g/mol. The van der Waals surface area contributed by atoms with Crippen molar-refractivity contribution in [1.82, 2.24) is 19.9 Å². The molecule has 0 radical (unpaired) electrons. The van der Waals surface area contributed by atoms with E-state index in [0.717, 1.165) is 50.3 Å². The lowest BCUT2D eigenvalue weighted by Crippen LogP contribution is -2.25. The van der Waals surface area contributed by atoms with Crippen molar-refractivity contribution in [1.29, 1.82) is 0 Å². The van der Waals surface area contributed by atoms with Crippen molar-refractivity contribution in [3.63, 3.8) is 0 Å². The number of nitrogen functional groups attached to an aromatic ring is 1. The summed E-state index contributed by atoms with van der Waals surface area (Å²) < 4.78 is 38.4. The van der Waals surface area contributed by atoms with E-state index in [0.29, 0.717) is 28.2 Å². The lowest BCUT2D eigenvalue weighted by Gasteiger charge is -2.20. The lowest BCUT2D eigenvalue weighted by molar-refractivity contribution is -0.137. The molecule has 32 heavy (non-hydrogen) atoms. The molecule has 172 valence electrons. The highest BCUT2D eigenvalue weighted by Gasteiger charge is 2.30. The van der Waals surface area contributed by atoms with E-state index in [9.17, 15) is 13.2 Å². The number of aromatic nitrogens is 3. The van der Waals surface area contributed by atoms with Crippen molar-refractivity contribution < 1.29 is 13.2 Å². The molecule has 2 heterocycles. The number of nitrogens with one attached hydrogen (secondary N) is 1. The molecule has 0 aliphatic carbocycles. The number of hydrogen-bond acceptors (Lipinski definition) is 6. The summed E-state index contributed by atoms with van der Waals surface area (Å²) in [6.45, 7) is 9.56. The molecule has 0 aliphatic rings. The highest BCUT2D eigenvalue weighted by molar-refractivity contribution is 5.88. The number of benzene rings is 1. The minimum Gasteiger partial charge on any atom is -0.384 e. The monoisotopic (exact) mass is 446 g/mol. The molecule has 0 amide bonds. The van der Waals surface area contributed by atoms with Gasteiger partial charge in [-0.25, -0.2) is 15.0 Å². The molecule has 3 rings (SSSR count). The van der Waals surface area contributed by atoms with E-state index in [1.54, 1.807) is 12.3 Å². The highest BCUT2D eigenvalue weighted by atomic mass is 19.4. The molecule has 0 fully saturated rings. The number of nitrogens with two attached hydrogens (primary N) is 1. The molecule has 0 saturated carbocycles. The molecule has 2 aromatic heterocycles. The van der Waals surface area contributed by atoms with E-state index in [1.807, 2.05) is 0 Å². The Labute approximate surface area is 186 Å². The molecule has 0 saturated heterocycles. The number of fused-ring (bicyclic) bond motifs is 1. The predicted octanol–water partition coefficient (Wildman–Crippen LogP) is 5.22. The summed E-state index contributed by atoms with van der Waals surface area (Å²) in [5, 5.41) is 3.45. The van der Waals surface area contributed by atoms with Gasteiger partial charge in [-0.15, -0.1) is 0 Å². The maximum Gasteiger partial charge on any atom is 0.416 e. The van der Waals surface area contributed by atoms with Crippen LogP contribution in [0.3, 0.4) is 0 Å². The molecule has 1 unspecified atom stereocenters. The Balaban J connectivity index is 1.78. The molecule has 0 spiro atoms. The fraction of sp³-hybridized carbons (Fsp3) is 0.435. The topological polar surface area (TPSA) is 80.0 Å². The standard InChI is InChI=1S/C23H29F3N6/c1-4-32(5-2)12-6-7-15(3)29-18-13-20(27)31-22-21(18)28-14-19(30-22)16-8-10-17(11-9-16)23(24,25)26/h8-11,13-15H,4-7,12H2,1-3H3,(H3,27,29,30,31). The van der Waals surface area contributed by atoms with Crippen LogP contribution in [0.25, 0.3) is 22.4 Å². The normalized spacial score (nSPS) is 13.0. The Morgan fingerprint density at radius 1 is 1.09 bits per heavy atom. The van der Waals surface area contributed by atoms with Gasteiger partial charge in [-0.1, -0.05) is 26.0 Å². The van der Waals surface area contributed by atoms with Crippen molar-refractivity contribution >= 4 is 22.7 Å². The number of rotatable bonds is 9. The second kappa shape index (κ2) is 10.1. The number of nitrogens with zero attached hydrogens (tertiary/aromatic N) is 4. The first kappa shape index (κ1) is 23.7. The van der Waals surface area contributed by atoms with Crippen LogP contribution in [0, 0.1) is 0 Å². The van der Waals surface area contributed by atoms with E-state index in [1.165, 1.54) is 12.1 Å². The van der Waals surface area contributed by atoms with Crippen LogP contribution in [-0.4, -0.2) is 45.5 Å². The van der Waals surface area contributed by atoms with Crippen LogP contribution in [0.2, 0.25) is 0 Å². The molecule has 0 bridgehead atoms. The molecule has 1 atom stereocenters. The third-order valence-corrected chi connectivity index (χ3v) is 5.45. The SMILES string of the molecule is CCN(CC)CCCC(C)Nc1cc(N)nc2nc(-c3ccc(C(F)(F)F)cc3)cnc12. The van der Waals surface area contributed by atoms with E-state index in [2.05, 4.69) is 45.9 Å². The lowest BCUT2D eigenvalue weighted by atomic mass is 10.1. The minimum absolute atomic E-state index is 0.201. The maximum absolute atomic E-state index is 12.8. The van der Waals surface area contributed by atoms with Gasteiger partial charge in [-0.05, 0) is 51.5 Å². The third kappa shape index (κ3) is 5.85. The zero-order valence-electron chi connectivity index (χ0n) is 18.6. The average Bonchev–Trinajstić information content (AvgIpc) is 2.75. The summed E-state index contributed by atoms with van der Waals surface area (Å²) in [7, 11) is 0. The minimum atomic E-state index is -4.38. The van der Waals surface area contributed by atoms with Crippen molar-refractivity contribution in [2.24, 2.45) is 0 Å². The first-order valence-electron chi connectivity index (χ1n) is 10.8. The zero-order valence-corrected chi connectivity index (χ0v) is 18.6. The van der Waals surface area contributed by atoms with Crippen LogP contribution in [0.15, 0.2) is 36.5 Å². The largest absolute Gasteiger partial charge is 0.416 e. The first-order chi connectivity index (χ1) is 15.2. The van der Waals surface area contributed by atoms with Gasteiger partial charge >= 0.3 is 6.18 Å². The highest BCUT2D eigenvalue weighted by Crippen LogP contribution is 2.31. The fourth-order valence-electron chi connectivity index (χ4n) is 3.60. The molecule has 1 aromatic carbocycles. The van der Waals surface area contributed by atoms with Gasteiger partial charge < -0.3 is 16.0 Å². The quantitative estimate of drug-likeness (QED) is 0.469.